The van der Waals surface area contributed by atoms with Gasteiger partial charge in [-0.15, -0.1) is 11.3 Å². The summed E-state index contributed by atoms with van der Waals surface area (Å²) in [5.41, 5.74) is 0.442. The van der Waals surface area contributed by atoms with Crippen LogP contribution >= 0.6 is 22.9 Å². The van der Waals surface area contributed by atoms with Crippen molar-refractivity contribution in [1.29, 1.82) is 0 Å². The van der Waals surface area contributed by atoms with Crippen LogP contribution in [0.1, 0.15) is 22.2 Å². The third-order valence-electron chi connectivity index (χ3n) is 3.52. The van der Waals surface area contributed by atoms with Gasteiger partial charge in [0, 0.05) is 17.5 Å². The summed E-state index contributed by atoms with van der Waals surface area (Å²) in [6.45, 7) is 1.50. The maximum Gasteiger partial charge on any atom is 0.328 e. The van der Waals surface area contributed by atoms with Crippen LogP contribution in [-0.4, -0.2) is 42.4 Å². The molecular weight excluding hydrogens is 376 g/mol. The molecule has 1 aromatic heterocycles. The Hall–Kier alpha value is -2.38. The number of nitrogens with one attached hydrogen (secondary N) is 1. The SMILES string of the molecule is CC(NC(=O)c1ccccc1)C(=O)OCC(=O)N(C)Cc1ccc(Cl)s1. The maximum absolute atomic E-state index is 12.1. The Kier molecular flexibility index (Phi) is 7.17. The van der Waals surface area contributed by atoms with E-state index >= 15 is 0 Å². The first-order valence-electron chi connectivity index (χ1n) is 7.87. The van der Waals surface area contributed by atoms with Crippen LogP contribution in [0.5, 0.6) is 0 Å². The van der Waals surface area contributed by atoms with Gasteiger partial charge in [0.15, 0.2) is 6.61 Å². The second kappa shape index (κ2) is 9.35. The number of hydrogen-bond donors (Lipinski definition) is 1. The molecule has 0 bridgehead atoms. The summed E-state index contributed by atoms with van der Waals surface area (Å²) in [4.78, 5) is 38.4. The third-order valence-corrected chi connectivity index (χ3v) is 4.74. The lowest BCUT2D eigenvalue weighted by Gasteiger charge is -2.17. The molecule has 8 heteroatoms. The summed E-state index contributed by atoms with van der Waals surface area (Å²) < 4.78 is 5.65. The first-order chi connectivity index (χ1) is 12.4. The van der Waals surface area contributed by atoms with Gasteiger partial charge in [-0.25, -0.2) is 4.79 Å². The average Bonchev–Trinajstić information content (AvgIpc) is 3.04. The molecule has 0 spiro atoms. The summed E-state index contributed by atoms with van der Waals surface area (Å²) in [6.07, 6.45) is 0. The van der Waals surface area contributed by atoms with E-state index < -0.39 is 12.0 Å². The lowest BCUT2D eigenvalue weighted by molar-refractivity contribution is -0.152. The van der Waals surface area contributed by atoms with Crippen molar-refractivity contribution in [2.24, 2.45) is 0 Å². The molecule has 26 heavy (non-hydrogen) atoms. The Bertz CT molecular complexity index is 779. The lowest BCUT2D eigenvalue weighted by atomic mass is 10.2. The molecule has 138 valence electrons. The van der Waals surface area contributed by atoms with E-state index in [-0.39, 0.29) is 18.4 Å². The van der Waals surface area contributed by atoms with Gasteiger partial charge < -0.3 is 15.0 Å². The molecule has 0 aliphatic carbocycles. The van der Waals surface area contributed by atoms with Gasteiger partial charge in [-0.2, -0.15) is 0 Å². The molecular formula is C18H19ClN2O4S. The van der Waals surface area contributed by atoms with E-state index in [0.29, 0.717) is 16.4 Å². The monoisotopic (exact) mass is 394 g/mol. The average molecular weight is 395 g/mol. The number of benzene rings is 1. The highest BCUT2D eigenvalue weighted by molar-refractivity contribution is 7.16. The Labute approximate surface area is 160 Å². The van der Waals surface area contributed by atoms with Crippen LogP contribution in [0.25, 0.3) is 0 Å². The highest BCUT2D eigenvalue weighted by Gasteiger charge is 2.20. The van der Waals surface area contributed by atoms with Gasteiger partial charge in [0.1, 0.15) is 6.04 Å². The maximum atomic E-state index is 12.1. The van der Waals surface area contributed by atoms with E-state index in [1.54, 1.807) is 43.4 Å². The van der Waals surface area contributed by atoms with Crippen molar-refractivity contribution < 1.29 is 19.1 Å². The molecule has 0 aliphatic rings. The van der Waals surface area contributed by atoms with E-state index in [2.05, 4.69) is 5.32 Å². The highest BCUT2D eigenvalue weighted by Crippen LogP contribution is 2.22. The zero-order valence-corrected chi connectivity index (χ0v) is 16.0. The predicted octanol–water partition coefficient (Wildman–Crippen LogP) is 2.72. The Morgan fingerprint density at radius 1 is 1.19 bits per heavy atom. The first-order valence-corrected chi connectivity index (χ1v) is 9.07. The molecule has 1 unspecified atom stereocenters. The molecule has 1 atom stereocenters. The quantitative estimate of drug-likeness (QED) is 0.732. The minimum Gasteiger partial charge on any atom is -0.454 e. The number of thiophene rings is 1. The van der Waals surface area contributed by atoms with E-state index in [1.165, 1.54) is 23.2 Å². The molecule has 1 N–H and O–H groups in total. The van der Waals surface area contributed by atoms with Crippen molar-refractivity contribution in [2.75, 3.05) is 13.7 Å². The fourth-order valence-electron chi connectivity index (χ4n) is 2.06. The molecule has 1 heterocycles. The van der Waals surface area contributed by atoms with Gasteiger partial charge in [-0.3, -0.25) is 9.59 Å². The van der Waals surface area contributed by atoms with Gasteiger partial charge >= 0.3 is 5.97 Å². The highest BCUT2D eigenvalue weighted by atomic mass is 35.5. The van der Waals surface area contributed by atoms with Crippen molar-refractivity contribution in [3.05, 3.63) is 57.2 Å². The summed E-state index contributed by atoms with van der Waals surface area (Å²) in [5, 5.41) is 2.54. The fraction of sp³-hybridized carbons (Fsp3) is 0.278. The zero-order valence-electron chi connectivity index (χ0n) is 14.4. The number of ether oxygens (including phenoxy) is 1. The lowest BCUT2D eigenvalue weighted by Crippen LogP contribution is -2.41. The van der Waals surface area contributed by atoms with Crippen molar-refractivity contribution in [2.45, 2.75) is 19.5 Å². The van der Waals surface area contributed by atoms with Crippen LogP contribution in [0.4, 0.5) is 0 Å². The van der Waals surface area contributed by atoms with Crippen LogP contribution in [0.2, 0.25) is 4.34 Å². The Balaban J connectivity index is 1.77. The van der Waals surface area contributed by atoms with Crippen LogP contribution < -0.4 is 5.32 Å². The number of carbonyl (C=O) groups is 3. The number of halogens is 1. The third kappa shape index (κ3) is 5.86. The van der Waals surface area contributed by atoms with Gasteiger partial charge in [0.25, 0.3) is 11.8 Å². The molecule has 0 fully saturated rings. The van der Waals surface area contributed by atoms with Crippen LogP contribution in [0, 0.1) is 0 Å². The number of hydrogen-bond acceptors (Lipinski definition) is 5. The van der Waals surface area contributed by atoms with Crippen molar-refractivity contribution in [3.63, 3.8) is 0 Å². The number of rotatable bonds is 7. The minimum atomic E-state index is -0.864. The van der Waals surface area contributed by atoms with E-state index in [9.17, 15) is 14.4 Å². The standard InChI is InChI=1S/C18H19ClN2O4S/c1-12(20-17(23)13-6-4-3-5-7-13)18(24)25-11-16(22)21(2)10-14-8-9-15(19)26-14/h3-9,12H,10-11H2,1-2H3,(H,20,23). The second-order valence-corrected chi connectivity index (χ2v) is 7.42. The van der Waals surface area contributed by atoms with Crippen LogP contribution in [0.15, 0.2) is 42.5 Å². The largest absolute Gasteiger partial charge is 0.454 e. The number of esters is 1. The van der Waals surface area contributed by atoms with E-state index in [4.69, 9.17) is 16.3 Å². The summed E-state index contributed by atoms with van der Waals surface area (Å²) in [5.74, 6) is -1.40. The van der Waals surface area contributed by atoms with Gasteiger partial charge in [0.05, 0.1) is 10.9 Å². The first kappa shape index (κ1) is 19.9. The van der Waals surface area contributed by atoms with Gasteiger partial charge in [0.2, 0.25) is 0 Å². The predicted molar refractivity (Wildman–Crippen MR) is 100 cm³/mol. The number of nitrogens with zero attached hydrogens (tertiary/aromatic N) is 1. The van der Waals surface area contributed by atoms with Crippen LogP contribution in [-0.2, 0) is 20.9 Å². The van der Waals surface area contributed by atoms with Crippen LogP contribution in [0.3, 0.4) is 0 Å². The molecule has 6 nitrogen and oxygen atoms in total. The number of likely N-dealkylation sites (N-methyl/N-ethyl adjacent to an activating group) is 1. The molecule has 0 aliphatic heterocycles. The topological polar surface area (TPSA) is 75.7 Å². The van der Waals surface area contributed by atoms with Crippen molar-refractivity contribution in [1.82, 2.24) is 10.2 Å². The minimum absolute atomic E-state index is 0.343. The molecule has 2 aromatic rings. The van der Waals surface area contributed by atoms with Gasteiger partial charge in [-0.1, -0.05) is 29.8 Å². The van der Waals surface area contributed by atoms with Gasteiger partial charge in [-0.05, 0) is 31.2 Å². The van der Waals surface area contributed by atoms with Crippen molar-refractivity contribution in [3.8, 4) is 0 Å². The van der Waals surface area contributed by atoms with E-state index in [0.717, 1.165) is 4.88 Å². The fourth-order valence-corrected chi connectivity index (χ4v) is 3.20. The second-order valence-electron chi connectivity index (χ2n) is 5.62. The molecule has 0 saturated heterocycles. The molecule has 0 saturated carbocycles. The van der Waals surface area contributed by atoms with E-state index in [1.807, 2.05) is 6.07 Å². The normalized spacial score (nSPS) is 11.5. The Morgan fingerprint density at radius 2 is 1.88 bits per heavy atom. The number of carbonyl (C=O) groups excluding carboxylic acids is 3. The molecule has 2 amide bonds. The number of amides is 2. The zero-order chi connectivity index (χ0) is 19.1. The molecule has 2 rings (SSSR count). The van der Waals surface area contributed by atoms with Crippen molar-refractivity contribution >= 4 is 40.7 Å². The molecule has 1 aromatic carbocycles. The molecule has 0 radical (unpaired) electrons. The summed E-state index contributed by atoms with van der Waals surface area (Å²) >= 11 is 7.24. The summed E-state index contributed by atoms with van der Waals surface area (Å²) in [7, 11) is 1.62. The summed E-state index contributed by atoms with van der Waals surface area (Å²) in [6, 6.07) is 11.3. The Morgan fingerprint density at radius 3 is 2.50 bits per heavy atom. The smallest absolute Gasteiger partial charge is 0.328 e.